The van der Waals surface area contributed by atoms with Crippen molar-refractivity contribution in [1.82, 2.24) is 0 Å². The highest BCUT2D eigenvalue weighted by Crippen LogP contribution is 2.26. The number of rotatable bonds is 8. The third-order valence-corrected chi connectivity index (χ3v) is 4.69. The number of phenolic OH excluding ortho intramolecular Hbond substituents is 2. The first kappa shape index (κ1) is 20.6. The summed E-state index contributed by atoms with van der Waals surface area (Å²) < 4.78 is 5.47. The van der Waals surface area contributed by atoms with Crippen molar-refractivity contribution in [2.45, 2.75) is 47.0 Å². The van der Waals surface area contributed by atoms with Crippen LogP contribution < -0.4 is 0 Å². The molecule has 144 valence electrons. The Bertz CT molecular complexity index is 855. The van der Waals surface area contributed by atoms with Gasteiger partial charge in [-0.25, -0.2) is 0 Å². The largest absolute Gasteiger partial charge is 0.508 e. The van der Waals surface area contributed by atoms with Crippen LogP contribution in [-0.2, 0) is 6.42 Å². The van der Waals surface area contributed by atoms with Crippen molar-refractivity contribution >= 4 is 5.78 Å². The van der Waals surface area contributed by atoms with E-state index >= 15 is 0 Å². The van der Waals surface area contributed by atoms with Gasteiger partial charge in [-0.3, -0.25) is 4.79 Å². The molecule has 0 fully saturated rings. The van der Waals surface area contributed by atoms with Gasteiger partial charge in [0, 0.05) is 18.9 Å². The molecule has 1 heterocycles. The van der Waals surface area contributed by atoms with Crippen LogP contribution >= 0.6 is 0 Å². The van der Waals surface area contributed by atoms with Gasteiger partial charge in [-0.1, -0.05) is 30.2 Å². The zero-order valence-electron chi connectivity index (χ0n) is 16.5. The molecule has 1 atom stereocenters. The normalized spacial score (nSPS) is 13.6. The number of ketones is 1. The van der Waals surface area contributed by atoms with Gasteiger partial charge in [0.25, 0.3) is 0 Å². The van der Waals surface area contributed by atoms with E-state index in [0.717, 1.165) is 29.7 Å². The molecule has 0 aliphatic rings. The summed E-state index contributed by atoms with van der Waals surface area (Å²) in [6.45, 7) is 8.12. The molecule has 0 amide bonds. The summed E-state index contributed by atoms with van der Waals surface area (Å²) in [5.41, 5.74) is 3.76. The standard InChI is InChI=1S/C23H28O4/c1-15(10-20-11-16(2)14-27-20)6-5-7-17(3)18(4)12-22(25)21-9-8-19(24)13-23(21)26/h6-9,11,13-14,18,24,26H,5,10,12H2,1-4H3/b15-6+,17-7+. The number of carbonyl (C=O) groups excluding carboxylic acids is 1. The van der Waals surface area contributed by atoms with E-state index in [4.69, 9.17) is 4.42 Å². The molecule has 0 spiro atoms. The Morgan fingerprint density at radius 1 is 1.19 bits per heavy atom. The predicted molar refractivity (Wildman–Crippen MR) is 107 cm³/mol. The maximum Gasteiger partial charge on any atom is 0.167 e. The average Bonchev–Trinajstić information content (AvgIpc) is 2.99. The van der Waals surface area contributed by atoms with Gasteiger partial charge in [0.05, 0.1) is 11.8 Å². The van der Waals surface area contributed by atoms with E-state index in [1.165, 1.54) is 23.8 Å². The van der Waals surface area contributed by atoms with Crippen molar-refractivity contribution in [2.75, 3.05) is 0 Å². The second kappa shape index (κ2) is 9.26. The average molecular weight is 368 g/mol. The molecule has 0 aliphatic carbocycles. The minimum atomic E-state index is -0.180. The van der Waals surface area contributed by atoms with Crippen LogP contribution in [0.15, 0.2) is 58.2 Å². The van der Waals surface area contributed by atoms with Gasteiger partial charge in [-0.15, -0.1) is 0 Å². The van der Waals surface area contributed by atoms with E-state index in [-0.39, 0.29) is 28.8 Å². The van der Waals surface area contributed by atoms with E-state index in [1.54, 1.807) is 6.26 Å². The number of aromatic hydroxyl groups is 2. The van der Waals surface area contributed by atoms with Crippen LogP contribution in [0.1, 0.15) is 55.3 Å². The molecule has 1 unspecified atom stereocenters. The van der Waals surface area contributed by atoms with Crippen LogP contribution in [0.4, 0.5) is 0 Å². The summed E-state index contributed by atoms with van der Waals surface area (Å²) >= 11 is 0. The number of benzene rings is 1. The fraction of sp³-hybridized carbons (Fsp3) is 0.348. The molecular weight excluding hydrogens is 340 g/mol. The molecule has 2 N–H and O–H groups in total. The molecule has 0 saturated heterocycles. The topological polar surface area (TPSA) is 70.7 Å². The minimum Gasteiger partial charge on any atom is -0.508 e. The molecule has 0 radical (unpaired) electrons. The summed E-state index contributed by atoms with van der Waals surface area (Å²) in [4.78, 5) is 12.4. The van der Waals surface area contributed by atoms with Gasteiger partial charge in [0.15, 0.2) is 5.78 Å². The summed E-state index contributed by atoms with van der Waals surface area (Å²) in [6, 6.07) is 6.11. The number of carbonyl (C=O) groups is 1. The van der Waals surface area contributed by atoms with E-state index in [1.807, 2.05) is 26.8 Å². The maximum atomic E-state index is 12.4. The smallest absolute Gasteiger partial charge is 0.167 e. The molecule has 2 rings (SSSR count). The lowest BCUT2D eigenvalue weighted by Crippen LogP contribution is -2.07. The van der Waals surface area contributed by atoms with Crippen molar-refractivity contribution in [1.29, 1.82) is 0 Å². The minimum absolute atomic E-state index is 0.0555. The quantitative estimate of drug-likeness (QED) is 0.461. The van der Waals surface area contributed by atoms with Crippen molar-refractivity contribution in [3.8, 4) is 11.5 Å². The predicted octanol–water partition coefficient (Wildman–Crippen LogP) is 5.73. The Morgan fingerprint density at radius 2 is 1.93 bits per heavy atom. The third kappa shape index (κ3) is 6.17. The molecule has 4 nitrogen and oxygen atoms in total. The van der Waals surface area contributed by atoms with Crippen LogP contribution in [0.25, 0.3) is 0 Å². The monoisotopic (exact) mass is 368 g/mol. The maximum absolute atomic E-state index is 12.4. The lowest BCUT2D eigenvalue weighted by Gasteiger charge is -2.12. The fourth-order valence-electron chi connectivity index (χ4n) is 2.88. The summed E-state index contributed by atoms with van der Waals surface area (Å²) in [7, 11) is 0. The first-order valence-electron chi connectivity index (χ1n) is 9.17. The van der Waals surface area contributed by atoms with Crippen LogP contribution in [-0.4, -0.2) is 16.0 Å². The van der Waals surface area contributed by atoms with Crippen LogP contribution in [0.5, 0.6) is 11.5 Å². The van der Waals surface area contributed by atoms with E-state index in [0.29, 0.717) is 6.42 Å². The molecule has 1 aromatic heterocycles. The van der Waals surface area contributed by atoms with Crippen LogP contribution in [0.3, 0.4) is 0 Å². The van der Waals surface area contributed by atoms with Crippen molar-refractivity contribution in [2.24, 2.45) is 5.92 Å². The Morgan fingerprint density at radius 3 is 2.56 bits per heavy atom. The fourth-order valence-corrected chi connectivity index (χ4v) is 2.88. The molecule has 1 aromatic carbocycles. The van der Waals surface area contributed by atoms with Gasteiger partial charge in [-0.2, -0.15) is 0 Å². The second-order valence-electron chi connectivity index (χ2n) is 7.23. The Hall–Kier alpha value is -2.75. The first-order valence-corrected chi connectivity index (χ1v) is 9.17. The second-order valence-corrected chi connectivity index (χ2v) is 7.23. The number of hydrogen-bond acceptors (Lipinski definition) is 4. The number of Topliss-reactive ketones (excluding diaryl/α,β-unsaturated/α-hetero) is 1. The van der Waals surface area contributed by atoms with E-state index in [2.05, 4.69) is 19.1 Å². The number of furan rings is 1. The van der Waals surface area contributed by atoms with Gasteiger partial charge >= 0.3 is 0 Å². The number of allylic oxidation sites excluding steroid dienone is 4. The number of aryl methyl sites for hydroxylation is 1. The van der Waals surface area contributed by atoms with Crippen molar-refractivity contribution in [3.05, 3.63) is 70.7 Å². The zero-order chi connectivity index (χ0) is 20.0. The molecule has 2 aromatic rings. The molecular formula is C23H28O4. The third-order valence-electron chi connectivity index (χ3n) is 4.69. The summed E-state index contributed by atoms with van der Waals surface area (Å²) in [5.74, 6) is 0.676. The lowest BCUT2D eigenvalue weighted by atomic mass is 9.93. The number of phenols is 2. The Balaban J connectivity index is 1.90. The van der Waals surface area contributed by atoms with Gasteiger partial charge in [0.1, 0.15) is 17.3 Å². The molecule has 0 bridgehead atoms. The number of hydrogen-bond donors (Lipinski definition) is 2. The van der Waals surface area contributed by atoms with Gasteiger partial charge < -0.3 is 14.6 Å². The molecule has 27 heavy (non-hydrogen) atoms. The molecule has 0 aliphatic heterocycles. The first-order chi connectivity index (χ1) is 12.8. The summed E-state index contributed by atoms with van der Waals surface area (Å²) in [6.07, 6.45) is 7.98. The van der Waals surface area contributed by atoms with Crippen molar-refractivity contribution in [3.63, 3.8) is 0 Å². The van der Waals surface area contributed by atoms with Gasteiger partial charge in [-0.05, 0) is 56.9 Å². The molecule has 4 heteroatoms. The van der Waals surface area contributed by atoms with E-state index < -0.39 is 0 Å². The zero-order valence-corrected chi connectivity index (χ0v) is 16.5. The van der Waals surface area contributed by atoms with Crippen LogP contribution in [0.2, 0.25) is 0 Å². The van der Waals surface area contributed by atoms with E-state index in [9.17, 15) is 15.0 Å². The highest BCUT2D eigenvalue weighted by atomic mass is 16.3. The Labute approximate surface area is 160 Å². The van der Waals surface area contributed by atoms with Gasteiger partial charge in [0.2, 0.25) is 0 Å². The highest BCUT2D eigenvalue weighted by molar-refractivity contribution is 5.99. The lowest BCUT2D eigenvalue weighted by molar-refractivity contribution is 0.0967. The Kier molecular flexibility index (Phi) is 7.05. The SMILES string of the molecule is C/C(=C\C/C=C(\C)C(C)CC(=O)c1ccc(O)cc1O)Cc1cc(C)co1. The molecule has 0 saturated carbocycles. The highest BCUT2D eigenvalue weighted by Gasteiger charge is 2.16. The van der Waals surface area contributed by atoms with Crippen LogP contribution in [0, 0.1) is 12.8 Å². The van der Waals surface area contributed by atoms with Crippen molar-refractivity contribution < 1.29 is 19.4 Å². The summed E-state index contributed by atoms with van der Waals surface area (Å²) in [5, 5.41) is 19.2.